The van der Waals surface area contributed by atoms with Crippen molar-refractivity contribution in [1.29, 1.82) is 0 Å². The number of nitrogens with zero attached hydrogens (tertiary/aromatic N) is 3. The van der Waals surface area contributed by atoms with Crippen molar-refractivity contribution < 1.29 is 4.39 Å². The normalized spacial score (nSPS) is 10.9. The van der Waals surface area contributed by atoms with Gasteiger partial charge in [0.2, 0.25) is 5.28 Å². The summed E-state index contributed by atoms with van der Waals surface area (Å²) in [6.07, 6.45) is 1.45. The lowest BCUT2D eigenvalue weighted by atomic mass is 10.3. The molecule has 0 radical (unpaired) electrons. The first-order valence-electron chi connectivity index (χ1n) is 5.23. The van der Waals surface area contributed by atoms with E-state index in [9.17, 15) is 4.39 Å². The first-order chi connectivity index (χ1) is 9.15. The summed E-state index contributed by atoms with van der Waals surface area (Å²) in [6.45, 7) is 0. The lowest BCUT2D eigenvalue weighted by Gasteiger charge is -2.08. The van der Waals surface area contributed by atoms with Crippen LogP contribution >= 0.6 is 23.2 Å². The van der Waals surface area contributed by atoms with Crippen molar-refractivity contribution >= 4 is 45.9 Å². The summed E-state index contributed by atoms with van der Waals surface area (Å²) in [7, 11) is 0. The van der Waals surface area contributed by atoms with Crippen LogP contribution in [0.3, 0.4) is 0 Å². The number of nitrogens with one attached hydrogen (secondary N) is 2. The van der Waals surface area contributed by atoms with Crippen molar-refractivity contribution in [2.75, 3.05) is 5.32 Å². The van der Waals surface area contributed by atoms with Crippen molar-refractivity contribution in [3.63, 3.8) is 0 Å². The zero-order valence-electron chi connectivity index (χ0n) is 9.28. The number of hydrogen-bond donors (Lipinski definition) is 2. The van der Waals surface area contributed by atoms with Crippen molar-refractivity contribution in [2.24, 2.45) is 0 Å². The van der Waals surface area contributed by atoms with E-state index in [0.717, 1.165) is 0 Å². The van der Waals surface area contributed by atoms with Gasteiger partial charge in [0.25, 0.3) is 0 Å². The van der Waals surface area contributed by atoms with Crippen LogP contribution in [0.1, 0.15) is 0 Å². The molecule has 19 heavy (non-hydrogen) atoms. The second-order valence-electron chi connectivity index (χ2n) is 3.67. The topological polar surface area (TPSA) is 66.5 Å². The number of aromatic nitrogens is 4. The lowest BCUT2D eigenvalue weighted by molar-refractivity contribution is 0.632. The summed E-state index contributed by atoms with van der Waals surface area (Å²) < 4.78 is 13.8. The van der Waals surface area contributed by atoms with Crippen LogP contribution in [0, 0.1) is 5.82 Å². The Labute approximate surface area is 116 Å². The SMILES string of the molecule is Fc1c(Cl)cccc1Nc1nc(Cl)nc2nc[nH]c12. The number of imidazole rings is 1. The van der Waals surface area contributed by atoms with Crippen molar-refractivity contribution in [3.8, 4) is 0 Å². The summed E-state index contributed by atoms with van der Waals surface area (Å²) in [5.74, 6) is -0.236. The first-order valence-corrected chi connectivity index (χ1v) is 5.98. The Morgan fingerprint density at radius 1 is 1.21 bits per heavy atom. The van der Waals surface area contributed by atoms with Gasteiger partial charge in [0.15, 0.2) is 17.3 Å². The third kappa shape index (κ3) is 2.20. The minimum atomic E-state index is -0.563. The molecule has 2 N–H and O–H groups in total. The highest BCUT2D eigenvalue weighted by molar-refractivity contribution is 6.31. The standard InChI is InChI=1S/C11H6Cl2FN5/c12-5-2-1-3-6(7(5)14)17-10-8-9(16-4-15-8)18-11(13)19-10/h1-4H,(H2,15,16,17,18,19). The van der Waals surface area contributed by atoms with Gasteiger partial charge in [-0.2, -0.15) is 9.97 Å². The van der Waals surface area contributed by atoms with Crippen LogP contribution in [0.5, 0.6) is 0 Å². The van der Waals surface area contributed by atoms with Crippen molar-refractivity contribution in [1.82, 2.24) is 19.9 Å². The smallest absolute Gasteiger partial charge is 0.226 e. The third-order valence-corrected chi connectivity index (χ3v) is 2.92. The van der Waals surface area contributed by atoms with Crippen LogP contribution < -0.4 is 5.32 Å². The Morgan fingerprint density at radius 2 is 2.05 bits per heavy atom. The molecule has 0 aliphatic carbocycles. The van der Waals surface area contributed by atoms with Gasteiger partial charge in [-0.3, -0.25) is 0 Å². The monoisotopic (exact) mass is 297 g/mol. The quantitative estimate of drug-likeness (QED) is 0.710. The maximum absolute atomic E-state index is 13.8. The van der Waals surface area contributed by atoms with E-state index < -0.39 is 5.82 Å². The van der Waals surface area contributed by atoms with Crippen LogP contribution in [0.25, 0.3) is 11.2 Å². The number of anilines is 2. The number of aromatic amines is 1. The summed E-state index contributed by atoms with van der Waals surface area (Å²) in [5, 5.41) is 2.85. The molecule has 0 saturated heterocycles. The van der Waals surface area contributed by atoms with E-state index in [4.69, 9.17) is 23.2 Å². The molecule has 5 nitrogen and oxygen atoms in total. The van der Waals surface area contributed by atoms with Gasteiger partial charge >= 0.3 is 0 Å². The first kappa shape index (κ1) is 12.1. The molecule has 1 aromatic carbocycles. The van der Waals surface area contributed by atoms with Crippen LogP contribution in [0.2, 0.25) is 10.3 Å². The number of H-pyrrole nitrogens is 1. The molecule has 3 aromatic rings. The second-order valence-corrected chi connectivity index (χ2v) is 4.41. The Balaban J connectivity index is 2.10. The van der Waals surface area contributed by atoms with Gasteiger partial charge in [-0.15, -0.1) is 0 Å². The molecule has 0 bridgehead atoms. The lowest BCUT2D eigenvalue weighted by Crippen LogP contribution is -1.99. The molecule has 0 saturated carbocycles. The highest BCUT2D eigenvalue weighted by Crippen LogP contribution is 2.27. The Morgan fingerprint density at radius 3 is 2.89 bits per heavy atom. The fourth-order valence-electron chi connectivity index (χ4n) is 1.62. The van der Waals surface area contributed by atoms with Gasteiger partial charge in [0.1, 0.15) is 5.52 Å². The number of hydrogen-bond acceptors (Lipinski definition) is 4. The molecule has 0 spiro atoms. The van der Waals surface area contributed by atoms with Crippen LogP contribution in [0.4, 0.5) is 15.9 Å². The molecule has 2 heterocycles. The van der Waals surface area contributed by atoms with E-state index in [0.29, 0.717) is 17.0 Å². The maximum atomic E-state index is 13.8. The van der Waals surface area contributed by atoms with Crippen LogP contribution in [-0.4, -0.2) is 19.9 Å². The van der Waals surface area contributed by atoms with Gasteiger partial charge in [-0.25, -0.2) is 9.37 Å². The maximum Gasteiger partial charge on any atom is 0.226 e. The fraction of sp³-hybridized carbons (Fsp3) is 0. The fourth-order valence-corrected chi connectivity index (χ4v) is 1.96. The molecule has 8 heteroatoms. The average molecular weight is 298 g/mol. The zero-order chi connectivity index (χ0) is 13.4. The average Bonchev–Trinajstić information content (AvgIpc) is 2.83. The molecule has 3 rings (SSSR count). The van der Waals surface area contributed by atoms with E-state index in [2.05, 4.69) is 25.3 Å². The Kier molecular flexibility index (Phi) is 2.96. The minimum Gasteiger partial charge on any atom is -0.340 e. The molecule has 2 aromatic heterocycles. The van der Waals surface area contributed by atoms with E-state index >= 15 is 0 Å². The molecule has 0 aliphatic rings. The minimum absolute atomic E-state index is 0.0181. The Hall–Kier alpha value is -1.92. The van der Waals surface area contributed by atoms with Gasteiger partial charge < -0.3 is 10.3 Å². The van der Waals surface area contributed by atoms with E-state index in [1.807, 2.05) is 0 Å². The van der Waals surface area contributed by atoms with Gasteiger partial charge in [0.05, 0.1) is 17.0 Å². The predicted octanol–water partition coefficient (Wildman–Crippen LogP) is 3.54. The van der Waals surface area contributed by atoms with Gasteiger partial charge in [-0.1, -0.05) is 17.7 Å². The molecule has 96 valence electrons. The van der Waals surface area contributed by atoms with Crippen molar-refractivity contribution in [3.05, 3.63) is 40.6 Å². The molecular formula is C11H6Cl2FN5. The molecule has 0 amide bonds. The van der Waals surface area contributed by atoms with Crippen LogP contribution in [0.15, 0.2) is 24.5 Å². The predicted molar refractivity (Wildman–Crippen MR) is 71.4 cm³/mol. The molecule has 0 unspecified atom stereocenters. The molecule has 0 atom stereocenters. The second kappa shape index (κ2) is 4.64. The van der Waals surface area contributed by atoms with Gasteiger partial charge in [0, 0.05) is 0 Å². The summed E-state index contributed by atoms with van der Waals surface area (Å²) in [5.41, 5.74) is 1.12. The van der Waals surface area contributed by atoms with E-state index in [1.54, 1.807) is 12.1 Å². The highest BCUT2D eigenvalue weighted by Gasteiger charge is 2.12. The molecule has 0 fully saturated rings. The summed E-state index contributed by atoms with van der Waals surface area (Å²) in [6, 6.07) is 4.63. The molecule has 0 aliphatic heterocycles. The largest absolute Gasteiger partial charge is 0.340 e. The van der Waals surface area contributed by atoms with E-state index in [-0.39, 0.29) is 16.0 Å². The van der Waals surface area contributed by atoms with Gasteiger partial charge in [-0.05, 0) is 23.7 Å². The Bertz CT molecular complexity index is 758. The molecular weight excluding hydrogens is 292 g/mol. The summed E-state index contributed by atoms with van der Waals surface area (Å²) in [4.78, 5) is 14.8. The van der Waals surface area contributed by atoms with Crippen LogP contribution in [-0.2, 0) is 0 Å². The van der Waals surface area contributed by atoms with Crippen molar-refractivity contribution in [2.45, 2.75) is 0 Å². The number of rotatable bonds is 2. The number of halogens is 3. The number of benzene rings is 1. The zero-order valence-corrected chi connectivity index (χ0v) is 10.8. The van der Waals surface area contributed by atoms with E-state index in [1.165, 1.54) is 12.4 Å². The summed E-state index contributed by atoms with van der Waals surface area (Å²) >= 11 is 11.5. The number of fused-ring (bicyclic) bond motifs is 1. The third-order valence-electron chi connectivity index (χ3n) is 2.46. The highest BCUT2D eigenvalue weighted by atomic mass is 35.5.